The Bertz CT molecular complexity index is 718. The number of oxazole rings is 1. The molecule has 0 spiro atoms. The minimum Gasteiger partial charge on any atom is -0.441 e. The quantitative estimate of drug-likeness (QED) is 0.613. The van der Waals surface area contributed by atoms with E-state index in [1.807, 2.05) is 49.4 Å². The number of alkyl halides is 1. The lowest BCUT2D eigenvalue weighted by atomic mass is 10.0. The van der Waals surface area contributed by atoms with Crippen molar-refractivity contribution in [2.24, 2.45) is 0 Å². The van der Waals surface area contributed by atoms with Crippen molar-refractivity contribution in [1.29, 1.82) is 0 Å². The fraction of sp³-hybridized carbons (Fsp3) is 0.188. The molecule has 0 aliphatic rings. The van der Waals surface area contributed by atoms with Crippen LogP contribution in [-0.2, 0) is 6.42 Å². The molecule has 0 saturated carbocycles. The Morgan fingerprint density at radius 1 is 1.15 bits per heavy atom. The first-order chi connectivity index (χ1) is 9.65. The van der Waals surface area contributed by atoms with Crippen LogP contribution in [0.5, 0.6) is 0 Å². The van der Waals surface area contributed by atoms with Gasteiger partial charge in [0.2, 0.25) is 0 Å². The first kappa shape index (κ1) is 13.5. The Labute approximate surface area is 127 Å². The molecule has 0 saturated heterocycles. The molecule has 4 heteroatoms. The van der Waals surface area contributed by atoms with Crippen molar-refractivity contribution in [2.45, 2.75) is 18.7 Å². The molecular formula is C16H13Cl2NO. The van der Waals surface area contributed by atoms with E-state index in [1.54, 1.807) is 0 Å². The maximum absolute atomic E-state index is 6.49. The summed E-state index contributed by atoms with van der Waals surface area (Å²) >= 11 is 12.6. The fourth-order valence-electron chi connectivity index (χ4n) is 2.23. The van der Waals surface area contributed by atoms with Crippen LogP contribution in [0.3, 0.4) is 0 Å². The number of halogens is 2. The van der Waals surface area contributed by atoms with Gasteiger partial charge in [-0.15, -0.1) is 11.6 Å². The number of benzene rings is 2. The van der Waals surface area contributed by atoms with Crippen LogP contribution in [0, 0.1) is 6.92 Å². The minimum atomic E-state index is -0.207. The standard InChI is InChI=1S/C16H13Cl2NO/c1-10-11(5-4-6-12(10)17)13(18)9-16-19-14-7-2-3-8-15(14)20-16/h2-8,13H,9H2,1H3. The molecule has 0 amide bonds. The third-order valence-corrected chi connectivity index (χ3v) is 4.14. The fourth-order valence-corrected chi connectivity index (χ4v) is 2.78. The van der Waals surface area contributed by atoms with Gasteiger partial charge in [-0.05, 0) is 36.2 Å². The van der Waals surface area contributed by atoms with E-state index in [-0.39, 0.29) is 5.38 Å². The van der Waals surface area contributed by atoms with Crippen molar-refractivity contribution in [3.63, 3.8) is 0 Å². The molecule has 1 unspecified atom stereocenters. The molecule has 2 aromatic carbocycles. The summed E-state index contributed by atoms with van der Waals surface area (Å²) in [5, 5.41) is 0.521. The van der Waals surface area contributed by atoms with Crippen LogP contribution in [-0.4, -0.2) is 4.98 Å². The van der Waals surface area contributed by atoms with Crippen LogP contribution in [0.2, 0.25) is 5.02 Å². The number of fused-ring (bicyclic) bond motifs is 1. The molecule has 2 nitrogen and oxygen atoms in total. The number of rotatable bonds is 3. The van der Waals surface area contributed by atoms with Crippen molar-refractivity contribution >= 4 is 34.3 Å². The van der Waals surface area contributed by atoms with Gasteiger partial charge in [0, 0.05) is 11.4 Å². The van der Waals surface area contributed by atoms with Gasteiger partial charge >= 0.3 is 0 Å². The van der Waals surface area contributed by atoms with E-state index < -0.39 is 0 Å². The Kier molecular flexibility index (Phi) is 3.68. The zero-order valence-corrected chi connectivity index (χ0v) is 12.4. The highest BCUT2D eigenvalue weighted by atomic mass is 35.5. The second-order valence-corrected chi connectivity index (χ2v) is 5.64. The van der Waals surface area contributed by atoms with Crippen LogP contribution in [0.15, 0.2) is 46.9 Å². The normalized spacial score (nSPS) is 12.8. The minimum absolute atomic E-state index is 0.207. The summed E-state index contributed by atoms with van der Waals surface area (Å²) < 4.78 is 5.70. The highest BCUT2D eigenvalue weighted by molar-refractivity contribution is 6.31. The van der Waals surface area contributed by atoms with Gasteiger partial charge in [-0.1, -0.05) is 35.9 Å². The van der Waals surface area contributed by atoms with Crippen LogP contribution < -0.4 is 0 Å². The molecule has 102 valence electrons. The summed E-state index contributed by atoms with van der Waals surface area (Å²) in [6.45, 7) is 1.97. The van der Waals surface area contributed by atoms with Gasteiger partial charge in [0.1, 0.15) is 5.52 Å². The molecular weight excluding hydrogens is 293 g/mol. The highest BCUT2D eigenvalue weighted by Crippen LogP contribution is 2.31. The predicted octanol–water partition coefficient (Wildman–Crippen LogP) is 5.31. The van der Waals surface area contributed by atoms with E-state index in [9.17, 15) is 0 Å². The summed E-state index contributed by atoms with van der Waals surface area (Å²) in [5.41, 5.74) is 3.66. The van der Waals surface area contributed by atoms with Gasteiger partial charge in [-0.25, -0.2) is 4.98 Å². The van der Waals surface area contributed by atoms with Gasteiger partial charge in [-0.3, -0.25) is 0 Å². The molecule has 1 aromatic heterocycles. The van der Waals surface area contributed by atoms with Crippen LogP contribution in [0.25, 0.3) is 11.1 Å². The van der Waals surface area contributed by atoms with Crippen molar-refractivity contribution < 1.29 is 4.42 Å². The monoisotopic (exact) mass is 305 g/mol. The Hall–Kier alpha value is -1.51. The van der Waals surface area contributed by atoms with Gasteiger partial charge in [0.15, 0.2) is 11.5 Å². The molecule has 1 atom stereocenters. The molecule has 20 heavy (non-hydrogen) atoms. The summed E-state index contributed by atoms with van der Waals surface area (Å²) in [5.74, 6) is 0.644. The predicted molar refractivity (Wildman–Crippen MR) is 82.5 cm³/mol. The second-order valence-electron chi connectivity index (χ2n) is 4.70. The van der Waals surface area contributed by atoms with E-state index in [2.05, 4.69) is 4.98 Å². The third-order valence-electron chi connectivity index (χ3n) is 3.34. The molecule has 0 fully saturated rings. The maximum atomic E-state index is 6.49. The number of hydrogen-bond donors (Lipinski definition) is 0. The molecule has 3 rings (SSSR count). The van der Waals surface area contributed by atoms with Crippen molar-refractivity contribution in [3.05, 3.63) is 64.5 Å². The van der Waals surface area contributed by atoms with E-state index in [0.29, 0.717) is 12.3 Å². The van der Waals surface area contributed by atoms with Gasteiger partial charge in [0.05, 0.1) is 5.38 Å². The molecule has 0 aliphatic carbocycles. The van der Waals surface area contributed by atoms with E-state index >= 15 is 0 Å². The first-order valence-corrected chi connectivity index (χ1v) is 7.20. The summed E-state index contributed by atoms with van der Waals surface area (Å²) in [6, 6.07) is 13.5. The van der Waals surface area contributed by atoms with Crippen molar-refractivity contribution in [2.75, 3.05) is 0 Å². The van der Waals surface area contributed by atoms with Crippen molar-refractivity contribution in [3.8, 4) is 0 Å². The highest BCUT2D eigenvalue weighted by Gasteiger charge is 2.16. The smallest absolute Gasteiger partial charge is 0.197 e. The molecule has 0 aliphatic heterocycles. The Morgan fingerprint density at radius 3 is 2.75 bits per heavy atom. The zero-order valence-electron chi connectivity index (χ0n) is 10.9. The lowest BCUT2D eigenvalue weighted by Gasteiger charge is -2.11. The van der Waals surface area contributed by atoms with Gasteiger partial charge in [0.25, 0.3) is 0 Å². The molecule has 0 N–H and O–H groups in total. The Morgan fingerprint density at radius 2 is 1.95 bits per heavy atom. The number of hydrogen-bond acceptors (Lipinski definition) is 2. The van der Waals surface area contributed by atoms with Crippen LogP contribution in [0.4, 0.5) is 0 Å². The van der Waals surface area contributed by atoms with Gasteiger partial charge in [-0.2, -0.15) is 0 Å². The second kappa shape index (κ2) is 5.47. The van der Waals surface area contributed by atoms with Gasteiger partial charge < -0.3 is 4.42 Å². The summed E-state index contributed by atoms with van der Waals surface area (Å²) in [7, 11) is 0. The molecule has 0 radical (unpaired) electrons. The molecule has 0 bridgehead atoms. The average molecular weight is 306 g/mol. The zero-order chi connectivity index (χ0) is 14.1. The number of aromatic nitrogens is 1. The summed E-state index contributed by atoms with van der Waals surface area (Å²) in [6.07, 6.45) is 0.539. The topological polar surface area (TPSA) is 26.0 Å². The van der Waals surface area contributed by atoms with E-state index in [0.717, 1.165) is 27.2 Å². The van der Waals surface area contributed by atoms with E-state index in [1.165, 1.54) is 0 Å². The molecule has 3 aromatic rings. The number of nitrogens with zero attached hydrogens (tertiary/aromatic N) is 1. The average Bonchev–Trinajstić information content (AvgIpc) is 2.83. The lowest BCUT2D eigenvalue weighted by molar-refractivity contribution is 0.525. The third kappa shape index (κ3) is 2.54. The lowest BCUT2D eigenvalue weighted by Crippen LogP contribution is -1.99. The maximum Gasteiger partial charge on any atom is 0.197 e. The number of para-hydroxylation sites is 2. The summed E-state index contributed by atoms with van der Waals surface area (Å²) in [4.78, 5) is 4.45. The van der Waals surface area contributed by atoms with Crippen molar-refractivity contribution in [1.82, 2.24) is 4.98 Å². The molecule has 1 heterocycles. The Balaban J connectivity index is 1.88. The van der Waals surface area contributed by atoms with Crippen LogP contribution >= 0.6 is 23.2 Å². The largest absolute Gasteiger partial charge is 0.441 e. The SMILES string of the molecule is Cc1c(Cl)cccc1C(Cl)Cc1nc2ccccc2o1. The van der Waals surface area contributed by atoms with E-state index in [4.69, 9.17) is 27.6 Å². The first-order valence-electron chi connectivity index (χ1n) is 6.38. The van der Waals surface area contributed by atoms with Crippen LogP contribution in [0.1, 0.15) is 22.4 Å².